The van der Waals surface area contributed by atoms with Crippen molar-refractivity contribution in [3.63, 3.8) is 0 Å². The number of unbranched alkanes of at least 4 members (excludes halogenated alkanes) is 1. The standard InChI is InChI=1S/C15H25N3/c1-4-5-6-13-14(15(16)18-17-13)12-8-7-10(2)9-11(12)3/h7-9,13-15,17-18H,4-6,16H2,1-3H3. The van der Waals surface area contributed by atoms with E-state index >= 15 is 0 Å². The van der Waals surface area contributed by atoms with E-state index in [0.717, 1.165) is 0 Å². The SMILES string of the molecule is CCCCC1NNC(N)C1c1ccc(C)cc1C. The monoisotopic (exact) mass is 247 g/mol. The van der Waals surface area contributed by atoms with Crippen LogP contribution in [0.3, 0.4) is 0 Å². The molecule has 18 heavy (non-hydrogen) atoms. The molecular weight excluding hydrogens is 222 g/mol. The van der Waals surface area contributed by atoms with E-state index in [9.17, 15) is 0 Å². The summed E-state index contributed by atoms with van der Waals surface area (Å²) in [7, 11) is 0. The first-order valence-corrected chi connectivity index (χ1v) is 6.97. The molecule has 1 saturated heterocycles. The van der Waals surface area contributed by atoms with Gasteiger partial charge in [0.1, 0.15) is 0 Å². The van der Waals surface area contributed by atoms with Gasteiger partial charge in [0.25, 0.3) is 0 Å². The van der Waals surface area contributed by atoms with E-state index in [1.807, 2.05) is 0 Å². The first-order valence-electron chi connectivity index (χ1n) is 6.97. The molecule has 0 amide bonds. The number of hydrogen-bond acceptors (Lipinski definition) is 3. The van der Waals surface area contributed by atoms with Crippen molar-refractivity contribution in [3.05, 3.63) is 34.9 Å². The zero-order valence-corrected chi connectivity index (χ0v) is 11.7. The lowest BCUT2D eigenvalue weighted by molar-refractivity contribution is 0.472. The molecule has 0 spiro atoms. The topological polar surface area (TPSA) is 50.1 Å². The van der Waals surface area contributed by atoms with Gasteiger partial charge in [-0.25, -0.2) is 5.43 Å². The molecule has 3 unspecified atom stereocenters. The zero-order chi connectivity index (χ0) is 13.1. The summed E-state index contributed by atoms with van der Waals surface area (Å²) in [6.45, 7) is 6.55. The van der Waals surface area contributed by atoms with Crippen molar-refractivity contribution in [2.45, 2.75) is 58.2 Å². The molecule has 1 fully saturated rings. The molecule has 0 bridgehead atoms. The maximum Gasteiger partial charge on any atom is 0.0764 e. The molecule has 1 heterocycles. The van der Waals surface area contributed by atoms with E-state index in [1.165, 1.54) is 36.0 Å². The van der Waals surface area contributed by atoms with Crippen LogP contribution in [0.4, 0.5) is 0 Å². The summed E-state index contributed by atoms with van der Waals surface area (Å²) in [6, 6.07) is 7.12. The van der Waals surface area contributed by atoms with Crippen LogP contribution in [0.2, 0.25) is 0 Å². The molecule has 4 N–H and O–H groups in total. The van der Waals surface area contributed by atoms with Crippen LogP contribution in [0.25, 0.3) is 0 Å². The van der Waals surface area contributed by atoms with Gasteiger partial charge in [-0.05, 0) is 31.4 Å². The van der Waals surface area contributed by atoms with Crippen LogP contribution in [-0.4, -0.2) is 12.2 Å². The molecule has 1 aliphatic rings. The highest BCUT2D eigenvalue weighted by atomic mass is 15.5. The molecule has 0 saturated carbocycles. The Hall–Kier alpha value is -0.900. The molecule has 1 aromatic carbocycles. The zero-order valence-electron chi connectivity index (χ0n) is 11.7. The fourth-order valence-corrected chi connectivity index (χ4v) is 2.92. The maximum atomic E-state index is 6.21. The molecule has 1 aromatic rings. The average molecular weight is 247 g/mol. The Labute approximate surface area is 110 Å². The van der Waals surface area contributed by atoms with Gasteiger partial charge < -0.3 is 5.73 Å². The smallest absolute Gasteiger partial charge is 0.0764 e. The number of benzene rings is 1. The van der Waals surface area contributed by atoms with Crippen molar-refractivity contribution in [2.24, 2.45) is 5.73 Å². The largest absolute Gasteiger partial charge is 0.314 e. The number of rotatable bonds is 4. The van der Waals surface area contributed by atoms with Crippen molar-refractivity contribution < 1.29 is 0 Å². The van der Waals surface area contributed by atoms with E-state index in [-0.39, 0.29) is 6.17 Å². The van der Waals surface area contributed by atoms with E-state index in [4.69, 9.17) is 5.73 Å². The van der Waals surface area contributed by atoms with E-state index in [0.29, 0.717) is 12.0 Å². The number of hydrazine groups is 1. The van der Waals surface area contributed by atoms with Gasteiger partial charge in [0.05, 0.1) is 6.17 Å². The minimum absolute atomic E-state index is 0.00765. The van der Waals surface area contributed by atoms with Crippen LogP contribution in [-0.2, 0) is 0 Å². The Morgan fingerprint density at radius 3 is 2.67 bits per heavy atom. The molecule has 1 aliphatic heterocycles. The van der Waals surface area contributed by atoms with Gasteiger partial charge in [-0.3, -0.25) is 5.43 Å². The lowest BCUT2D eigenvalue weighted by atomic mass is 9.85. The van der Waals surface area contributed by atoms with Gasteiger partial charge in [0.2, 0.25) is 0 Å². The minimum atomic E-state index is 0.00765. The second-order valence-electron chi connectivity index (χ2n) is 5.45. The van der Waals surface area contributed by atoms with Gasteiger partial charge >= 0.3 is 0 Å². The van der Waals surface area contributed by atoms with Gasteiger partial charge in [0, 0.05) is 12.0 Å². The van der Waals surface area contributed by atoms with Crippen LogP contribution in [0.5, 0.6) is 0 Å². The Morgan fingerprint density at radius 2 is 2.00 bits per heavy atom. The summed E-state index contributed by atoms with van der Waals surface area (Å²) < 4.78 is 0. The summed E-state index contributed by atoms with van der Waals surface area (Å²) in [5.74, 6) is 0.372. The Morgan fingerprint density at radius 1 is 1.22 bits per heavy atom. The third kappa shape index (κ3) is 2.74. The lowest BCUT2D eigenvalue weighted by Gasteiger charge is -2.23. The number of hydrogen-bond donors (Lipinski definition) is 3. The van der Waals surface area contributed by atoms with Gasteiger partial charge in [-0.1, -0.05) is 43.5 Å². The molecular formula is C15H25N3. The predicted octanol–water partition coefficient (Wildman–Crippen LogP) is 2.34. The van der Waals surface area contributed by atoms with Crippen molar-refractivity contribution in [1.82, 2.24) is 10.9 Å². The first-order chi connectivity index (χ1) is 8.63. The molecule has 3 nitrogen and oxygen atoms in total. The summed E-state index contributed by atoms with van der Waals surface area (Å²) in [4.78, 5) is 0. The Balaban J connectivity index is 2.22. The molecule has 3 atom stereocenters. The molecule has 0 aromatic heterocycles. The van der Waals surface area contributed by atoms with Gasteiger partial charge in [-0.2, -0.15) is 0 Å². The number of nitrogens with two attached hydrogens (primary N) is 1. The lowest BCUT2D eigenvalue weighted by Crippen LogP contribution is -2.38. The normalized spacial score (nSPS) is 27.7. The number of nitrogens with one attached hydrogen (secondary N) is 2. The first kappa shape index (κ1) is 13.5. The molecule has 100 valence electrons. The van der Waals surface area contributed by atoms with Crippen LogP contribution in [0, 0.1) is 13.8 Å². The second-order valence-corrected chi connectivity index (χ2v) is 5.45. The number of aryl methyl sites for hydroxylation is 2. The van der Waals surface area contributed by atoms with E-state index in [1.54, 1.807) is 0 Å². The quantitative estimate of drug-likeness (QED) is 0.765. The summed E-state index contributed by atoms with van der Waals surface area (Å²) >= 11 is 0. The van der Waals surface area contributed by atoms with Crippen molar-refractivity contribution >= 4 is 0 Å². The third-order valence-electron chi connectivity index (χ3n) is 3.91. The van der Waals surface area contributed by atoms with Gasteiger partial charge in [-0.15, -0.1) is 0 Å². The van der Waals surface area contributed by atoms with Crippen molar-refractivity contribution in [3.8, 4) is 0 Å². The molecule has 0 radical (unpaired) electrons. The summed E-state index contributed by atoms with van der Waals surface area (Å²) in [5, 5.41) is 0. The fourth-order valence-electron chi connectivity index (χ4n) is 2.92. The highest BCUT2D eigenvalue weighted by Gasteiger charge is 2.34. The molecule has 2 rings (SSSR count). The summed E-state index contributed by atoms with van der Waals surface area (Å²) in [5.41, 5.74) is 16.8. The Bertz CT molecular complexity index is 403. The Kier molecular flexibility index (Phi) is 4.38. The highest BCUT2D eigenvalue weighted by molar-refractivity contribution is 5.35. The van der Waals surface area contributed by atoms with Gasteiger partial charge in [0.15, 0.2) is 0 Å². The van der Waals surface area contributed by atoms with Crippen LogP contribution in [0.1, 0.15) is 48.8 Å². The summed E-state index contributed by atoms with van der Waals surface area (Å²) in [6.07, 6.45) is 3.66. The molecule has 3 heteroatoms. The average Bonchev–Trinajstić information content (AvgIpc) is 2.68. The van der Waals surface area contributed by atoms with Crippen molar-refractivity contribution in [2.75, 3.05) is 0 Å². The van der Waals surface area contributed by atoms with Crippen LogP contribution in [0.15, 0.2) is 18.2 Å². The van der Waals surface area contributed by atoms with Crippen molar-refractivity contribution in [1.29, 1.82) is 0 Å². The predicted molar refractivity (Wildman–Crippen MR) is 76.2 cm³/mol. The third-order valence-corrected chi connectivity index (χ3v) is 3.91. The highest BCUT2D eigenvalue weighted by Crippen LogP contribution is 2.30. The second kappa shape index (κ2) is 5.83. The van der Waals surface area contributed by atoms with E-state index < -0.39 is 0 Å². The minimum Gasteiger partial charge on any atom is -0.314 e. The molecule has 0 aliphatic carbocycles. The maximum absolute atomic E-state index is 6.21. The van der Waals surface area contributed by atoms with E-state index in [2.05, 4.69) is 49.8 Å². The fraction of sp³-hybridized carbons (Fsp3) is 0.600. The van der Waals surface area contributed by atoms with Crippen LogP contribution < -0.4 is 16.6 Å². The van der Waals surface area contributed by atoms with Crippen LogP contribution >= 0.6 is 0 Å².